The first-order chi connectivity index (χ1) is 10.5. The van der Waals surface area contributed by atoms with E-state index < -0.39 is 5.82 Å². The van der Waals surface area contributed by atoms with Gasteiger partial charge in [0.2, 0.25) is 0 Å². The number of hydrogen-bond acceptors (Lipinski definition) is 2. The molecular weight excluding hydrogens is 307 g/mol. The number of ether oxygens (including phenoxy) is 1. The van der Waals surface area contributed by atoms with E-state index in [0.29, 0.717) is 24.6 Å². The molecule has 0 atom stereocenters. The molecule has 0 fully saturated rings. The molecule has 0 aliphatic carbocycles. The minimum atomic E-state index is -0.521. The van der Waals surface area contributed by atoms with E-state index in [1.807, 2.05) is 25.1 Å². The Kier molecular flexibility index (Phi) is 3.90. The molecule has 114 valence electrons. The van der Waals surface area contributed by atoms with E-state index in [-0.39, 0.29) is 11.1 Å². The number of fused-ring (bicyclic) bond motifs is 1. The molecule has 0 aromatic heterocycles. The molecule has 6 heteroatoms. The van der Waals surface area contributed by atoms with Crippen LogP contribution in [0.2, 0.25) is 5.02 Å². The molecule has 0 spiro atoms. The SMILES string of the molecule is Cc1ccc2c(c1)N(C(=O)Nc1ccc(F)c(Cl)c1)CCO2. The quantitative estimate of drug-likeness (QED) is 0.854. The van der Waals surface area contributed by atoms with Crippen LogP contribution in [0.4, 0.5) is 20.6 Å². The van der Waals surface area contributed by atoms with Crippen LogP contribution in [0.15, 0.2) is 36.4 Å². The maximum absolute atomic E-state index is 13.2. The third kappa shape index (κ3) is 2.85. The molecule has 0 unspecified atom stereocenters. The van der Waals surface area contributed by atoms with Crippen molar-refractivity contribution in [3.05, 3.63) is 52.8 Å². The zero-order valence-corrected chi connectivity index (χ0v) is 12.7. The van der Waals surface area contributed by atoms with Crippen LogP contribution < -0.4 is 15.0 Å². The lowest BCUT2D eigenvalue weighted by Crippen LogP contribution is -2.40. The van der Waals surface area contributed by atoms with Crippen molar-refractivity contribution in [3.63, 3.8) is 0 Å². The molecule has 1 aliphatic heterocycles. The van der Waals surface area contributed by atoms with Gasteiger partial charge in [0.25, 0.3) is 0 Å². The first-order valence-electron chi connectivity index (χ1n) is 6.81. The van der Waals surface area contributed by atoms with E-state index in [1.165, 1.54) is 18.2 Å². The van der Waals surface area contributed by atoms with Crippen LogP contribution in [-0.4, -0.2) is 19.2 Å². The van der Waals surface area contributed by atoms with Gasteiger partial charge in [-0.05, 0) is 42.8 Å². The van der Waals surface area contributed by atoms with Gasteiger partial charge in [0.1, 0.15) is 18.2 Å². The highest BCUT2D eigenvalue weighted by molar-refractivity contribution is 6.31. The van der Waals surface area contributed by atoms with Gasteiger partial charge in [-0.15, -0.1) is 0 Å². The third-order valence-electron chi connectivity index (χ3n) is 3.39. The van der Waals surface area contributed by atoms with Gasteiger partial charge in [-0.25, -0.2) is 9.18 Å². The second-order valence-electron chi connectivity index (χ2n) is 5.03. The Morgan fingerprint density at radius 2 is 2.14 bits per heavy atom. The number of urea groups is 1. The molecule has 1 N–H and O–H groups in total. The average Bonchev–Trinajstić information content (AvgIpc) is 2.50. The highest BCUT2D eigenvalue weighted by atomic mass is 35.5. The van der Waals surface area contributed by atoms with E-state index >= 15 is 0 Å². The van der Waals surface area contributed by atoms with Crippen molar-refractivity contribution < 1.29 is 13.9 Å². The molecule has 1 aliphatic rings. The largest absolute Gasteiger partial charge is 0.490 e. The van der Waals surface area contributed by atoms with Gasteiger partial charge in [-0.1, -0.05) is 17.7 Å². The molecular formula is C16H14ClFN2O2. The second kappa shape index (κ2) is 5.85. The van der Waals surface area contributed by atoms with E-state index in [9.17, 15) is 9.18 Å². The van der Waals surface area contributed by atoms with Crippen LogP contribution in [-0.2, 0) is 0 Å². The topological polar surface area (TPSA) is 41.6 Å². The summed E-state index contributed by atoms with van der Waals surface area (Å²) in [6.45, 7) is 2.82. The van der Waals surface area contributed by atoms with Gasteiger partial charge in [-0.2, -0.15) is 0 Å². The Balaban J connectivity index is 1.84. The standard InChI is InChI=1S/C16H14ClFN2O2/c1-10-2-5-15-14(8-10)20(6-7-22-15)16(21)19-11-3-4-13(18)12(17)9-11/h2-5,8-9H,6-7H2,1H3,(H,19,21). The molecule has 1 heterocycles. The van der Waals surface area contributed by atoms with Crippen molar-refractivity contribution in [2.24, 2.45) is 0 Å². The minimum absolute atomic E-state index is 0.0315. The van der Waals surface area contributed by atoms with Crippen LogP contribution in [0.1, 0.15) is 5.56 Å². The summed E-state index contributed by atoms with van der Waals surface area (Å²) in [6, 6.07) is 9.43. The second-order valence-corrected chi connectivity index (χ2v) is 5.44. The molecule has 2 aromatic carbocycles. The average molecular weight is 321 g/mol. The van der Waals surface area contributed by atoms with E-state index in [2.05, 4.69) is 5.32 Å². The van der Waals surface area contributed by atoms with Gasteiger partial charge in [-0.3, -0.25) is 4.90 Å². The third-order valence-corrected chi connectivity index (χ3v) is 3.68. The molecule has 3 rings (SSSR count). The number of carbonyl (C=O) groups is 1. The van der Waals surface area contributed by atoms with Crippen molar-refractivity contribution in [1.82, 2.24) is 0 Å². The van der Waals surface area contributed by atoms with Crippen molar-refractivity contribution >= 4 is 29.0 Å². The van der Waals surface area contributed by atoms with Crippen LogP contribution in [0.25, 0.3) is 0 Å². The summed E-state index contributed by atoms with van der Waals surface area (Å²) in [5, 5.41) is 2.69. The van der Waals surface area contributed by atoms with Crippen LogP contribution in [0.3, 0.4) is 0 Å². The molecule has 0 radical (unpaired) electrons. The fourth-order valence-corrected chi connectivity index (χ4v) is 2.48. The highest BCUT2D eigenvalue weighted by Crippen LogP contribution is 2.32. The number of halogens is 2. The fraction of sp³-hybridized carbons (Fsp3) is 0.188. The molecule has 0 bridgehead atoms. The number of rotatable bonds is 1. The number of aryl methyl sites for hydroxylation is 1. The molecule has 0 saturated heterocycles. The summed E-state index contributed by atoms with van der Waals surface area (Å²) in [5.74, 6) is 0.149. The van der Waals surface area contributed by atoms with E-state index in [1.54, 1.807) is 4.90 Å². The van der Waals surface area contributed by atoms with Crippen molar-refractivity contribution in [2.75, 3.05) is 23.4 Å². The maximum atomic E-state index is 13.2. The summed E-state index contributed by atoms with van der Waals surface area (Å²) in [5.41, 5.74) is 2.20. The van der Waals surface area contributed by atoms with E-state index in [0.717, 1.165) is 11.3 Å². The van der Waals surface area contributed by atoms with Gasteiger partial charge in [0.15, 0.2) is 0 Å². The Morgan fingerprint density at radius 3 is 2.91 bits per heavy atom. The number of benzene rings is 2. The number of anilines is 2. The molecule has 22 heavy (non-hydrogen) atoms. The lowest BCUT2D eigenvalue weighted by molar-refractivity contribution is 0.250. The van der Waals surface area contributed by atoms with Gasteiger partial charge in [0.05, 0.1) is 17.3 Å². The predicted octanol–water partition coefficient (Wildman–Crippen LogP) is 4.22. The Morgan fingerprint density at radius 1 is 1.32 bits per heavy atom. The summed E-state index contributed by atoms with van der Waals surface area (Å²) in [6.07, 6.45) is 0. The predicted molar refractivity (Wildman–Crippen MR) is 84.4 cm³/mol. The number of carbonyl (C=O) groups excluding carboxylic acids is 1. The monoisotopic (exact) mass is 320 g/mol. The van der Waals surface area contributed by atoms with Crippen molar-refractivity contribution in [1.29, 1.82) is 0 Å². The first kappa shape index (κ1) is 14.7. The number of hydrogen-bond donors (Lipinski definition) is 1. The molecule has 4 nitrogen and oxygen atoms in total. The van der Waals surface area contributed by atoms with Gasteiger partial charge >= 0.3 is 6.03 Å². The van der Waals surface area contributed by atoms with Gasteiger partial charge < -0.3 is 10.1 Å². The zero-order valence-electron chi connectivity index (χ0n) is 11.9. The highest BCUT2D eigenvalue weighted by Gasteiger charge is 2.24. The van der Waals surface area contributed by atoms with Crippen LogP contribution >= 0.6 is 11.6 Å². The fourth-order valence-electron chi connectivity index (χ4n) is 2.30. The smallest absolute Gasteiger partial charge is 0.326 e. The molecule has 2 amide bonds. The lowest BCUT2D eigenvalue weighted by atomic mass is 10.1. The van der Waals surface area contributed by atoms with Crippen LogP contribution in [0.5, 0.6) is 5.75 Å². The van der Waals surface area contributed by atoms with Crippen molar-refractivity contribution in [2.45, 2.75) is 6.92 Å². The number of nitrogens with one attached hydrogen (secondary N) is 1. The summed E-state index contributed by atoms with van der Waals surface area (Å²) < 4.78 is 18.7. The summed E-state index contributed by atoms with van der Waals surface area (Å²) in [7, 11) is 0. The van der Waals surface area contributed by atoms with Gasteiger partial charge in [0, 0.05) is 5.69 Å². The Hall–Kier alpha value is -2.27. The van der Waals surface area contributed by atoms with Crippen molar-refractivity contribution in [3.8, 4) is 5.75 Å². The Labute approximate surface area is 132 Å². The Bertz CT molecular complexity index is 736. The summed E-state index contributed by atoms with van der Waals surface area (Å²) >= 11 is 5.73. The first-order valence-corrected chi connectivity index (χ1v) is 7.19. The minimum Gasteiger partial charge on any atom is -0.490 e. The maximum Gasteiger partial charge on any atom is 0.326 e. The summed E-state index contributed by atoms with van der Waals surface area (Å²) in [4.78, 5) is 14.1. The van der Waals surface area contributed by atoms with E-state index in [4.69, 9.17) is 16.3 Å². The molecule has 2 aromatic rings. The number of nitrogens with zero attached hydrogens (tertiary/aromatic N) is 1. The molecule has 0 saturated carbocycles. The zero-order chi connectivity index (χ0) is 15.7. The normalized spacial score (nSPS) is 13.3. The lowest BCUT2D eigenvalue weighted by Gasteiger charge is -2.29. The van der Waals surface area contributed by atoms with Crippen LogP contribution in [0, 0.1) is 12.7 Å². The number of amides is 2.